The molecule has 0 amide bonds. The third-order valence-electron chi connectivity index (χ3n) is 0.0278. The fraction of sp³-hybridized carbons (Fsp3) is 0. The van der Waals surface area contributed by atoms with Crippen molar-refractivity contribution < 1.29 is 20.1 Å². The Balaban J connectivity index is 3.95. The minimum absolute atomic E-state index is 1.01. The van der Waals surface area contributed by atoms with Crippen LogP contribution in [0.5, 0.6) is 0 Å². The van der Waals surface area contributed by atoms with Gasteiger partial charge in [-0.3, -0.25) is 0 Å². The summed E-state index contributed by atoms with van der Waals surface area (Å²) in [6.07, 6.45) is 0. The van der Waals surface area contributed by atoms with Gasteiger partial charge in [-0.1, -0.05) is 0 Å². The van der Waals surface area contributed by atoms with Gasteiger partial charge in [0.15, 0.2) is 0 Å². The first-order chi connectivity index (χ1) is 1.91. The van der Waals surface area contributed by atoms with Gasteiger partial charge in [-0.2, -0.15) is 0 Å². The summed E-state index contributed by atoms with van der Waals surface area (Å²) in [4.78, 5) is 0. The van der Waals surface area contributed by atoms with Crippen LogP contribution >= 0.6 is 0 Å². The Labute approximate surface area is 38.9 Å². The van der Waals surface area contributed by atoms with E-state index in [1.165, 1.54) is 0 Å². The van der Waals surface area contributed by atoms with Gasteiger partial charge in [-0.25, -0.2) is 0 Å². The second kappa shape index (κ2) is 3.93. The number of rotatable bonds is 0. The molecule has 0 radical (unpaired) electrons. The van der Waals surface area contributed by atoms with E-state index in [1.54, 1.807) is 0 Å². The molecule has 24 valence electrons. The van der Waals surface area contributed by atoms with Crippen molar-refractivity contribution in [3.8, 4) is 0 Å². The first kappa shape index (κ1) is 4.93. The second-order valence-electron chi connectivity index (χ2n) is 0.136. The average Bonchev–Trinajstić information content (AvgIpc) is 1.37. The van der Waals surface area contributed by atoms with Gasteiger partial charge in [0.25, 0.3) is 0 Å². The zero-order valence-electron chi connectivity index (χ0n) is 1.63. The summed E-state index contributed by atoms with van der Waals surface area (Å²) in [7, 11) is 1.01. The van der Waals surface area contributed by atoms with Gasteiger partial charge in [-0.05, 0) is 0 Å². The second-order valence-corrected chi connectivity index (χ2v) is 4.83. The molecule has 0 aliphatic heterocycles. The van der Waals surface area contributed by atoms with E-state index >= 15 is 0 Å². The molecule has 0 bridgehead atoms. The van der Waals surface area contributed by atoms with Gasteiger partial charge < -0.3 is 0 Å². The Morgan fingerprint density at radius 2 is 2.25 bits per heavy atom. The van der Waals surface area contributed by atoms with Crippen molar-refractivity contribution in [1.29, 1.82) is 0 Å². The molecule has 4 heteroatoms. The summed E-state index contributed by atoms with van der Waals surface area (Å²) >= 11 is 3.18. The molecule has 0 aliphatic carbocycles. The maximum absolute atomic E-state index is 9.29. The van der Waals surface area contributed by atoms with Crippen molar-refractivity contribution >= 4 is 18.7 Å². The Morgan fingerprint density at radius 1 is 2.00 bits per heavy atom. The van der Waals surface area contributed by atoms with Crippen LogP contribution in [-0.4, -0.2) is 0 Å². The molecule has 0 atom stereocenters. The fourth-order valence-electron chi connectivity index (χ4n) is 0. The van der Waals surface area contributed by atoms with Gasteiger partial charge in [0.2, 0.25) is 0 Å². The van der Waals surface area contributed by atoms with Gasteiger partial charge >= 0.3 is 38.8 Å². The molecule has 0 aliphatic rings. The Morgan fingerprint density at radius 3 is 2.25 bits per heavy atom. The normalized spacial score (nSPS) is 5.00. The van der Waals surface area contributed by atoms with E-state index in [0.717, 1.165) is 7.51 Å². The molecule has 0 fully saturated rings. The molecule has 0 aromatic heterocycles. The molecule has 0 rings (SSSR count). The minimum atomic E-state index is -1.04. The topological polar surface area (TPSA) is 17.1 Å². The first-order valence-electron chi connectivity index (χ1n) is 0.500. The molecule has 4 heavy (non-hydrogen) atoms. The number of hydrogen-bond donors (Lipinski definition) is 0. The van der Waals surface area contributed by atoms with Gasteiger partial charge in [0.05, 0.1) is 0 Å². The van der Waals surface area contributed by atoms with Crippen molar-refractivity contribution in [2.45, 2.75) is 0 Å². The predicted molar refractivity (Wildman–Crippen MR) is 15.4 cm³/mol. The van der Waals surface area contributed by atoms with Crippen LogP contribution in [0.1, 0.15) is 0 Å². The van der Waals surface area contributed by atoms with Crippen LogP contribution in [0, 0.1) is 0 Å². The van der Waals surface area contributed by atoms with Crippen molar-refractivity contribution in [3.63, 3.8) is 0 Å². The van der Waals surface area contributed by atoms with Crippen LogP contribution < -0.4 is 0 Å². The summed E-state index contributed by atoms with van der Waals surface area (Å²) in [6, 6.07) is 0. The van der Waals surface area contributed by atoms with E-state index in [0.29, 0.717) is 0 Å². The van der Waals surface area contributed by atoms with Gasteiger partial charge in [0.1, 0.15) is 0 Å². The molecular weight excluding hydrogens is 176 g/mol. The average molecular weight is 176 g/mol. The molecule has 0 spiro atoms. The van der Waals surface area contributed by atoms with Crippen molar-refractivity contribution in [2.75, 3.05) is 0 Å². The molecule has 1 nitrogen and oxygen atoms in total. The molecule has 0 aromatic rings. The summed E-state index contributed by atoms with van der Waals surface area (Å²) in [5.41, 5.74) is 0. The first-order valence-corrected chi connectivity index (χ1v) is 5.44. The van der Waals surface area contributed by atoms with E-state index in [4.69, 9.17) is 0 Å². The Kier molecular flexibility index (Phi) is 4.84. The Hall–Kier alpha value is 0.928. The quantitative estimate of drug-likeness (QED) is 0.478. The van der Waals surface area contributed by atoms with Crippen LogP contribution in [0.2, 0.25) is 0 Å². The van der Waals surface area contributed by atoms with Crippen LogP contribution in [-0.2, 0) is 38.8 Å². The zero-order valence-corrected chi connectivity index (χ0v) is 5.27. The van der Waals surface area contributed by atoms with Crippen molar-refractivity contribution in [1.82, 2.24) is 0 Å². The summed E-state index contributed by atoms with van der Waals surface area (Å²) in [5, 5.41) is 0. The molecule has 0 aromatic carbocycles. The third kappa shape index (κ3) is 2.93. The van der Waals surface area contributed by atoms with Crippen molar-refractivity contribution in [3.05, 3.63) is 0 Å². The molecule has 0 N–H and O–H groups in total. The van der Waals surface area contributed by atoms with Gasteiger partial charge in [-0.15, -0.1) is 0 Å². The summed E-state index contributed by atoms with van der Waals surface area (Å²) < 4.78 is 9.29. The van der Waals surface area contributed by atoms with E-state index in [-0.39, 0.29) is 0 Å². The van der Waals surface area contributed by atoms with E-state index in [1.807, 2.05) is 0 Å². The third-order valence-corrected chi connectivity index (χ3v) is 1.48. The molecule has 0 heterocycles. The molecule has 0 saturated carbocycles. The maximum atomic E-state index is 9.29. The van der Waals surface area contributed by atoms with Crippen LogP contribution in [0.4, 0.5) is 0 Å². The predicted octanol–water partition coefficient (Wildman–Crippen LogP) is -0.126. The van der Waals surface area contributed by atoms with Crippen LogP contribution in [0.15, 0.2) is 0 Å². The monoisotopic (exact) mass is 178 g/mol. The van der Waals surface area contributed by atoms with Crippen LogP contribution in [0.25, 0.3) is 0 Å². The van der Waals surface area contributed by atoms with Crippen LogP contribution in [0.3, 0.4) is 0 Å². The fourth-order valence-corrected chi connectivity index (χ4v) is 0. The molecular formula is MoOS2. The number of hydrogen-bond acceptors (Lipinski definition) is 2. The summed E-state index contributed by atoms with van der Waals surface area (Å²) in [6.45, 7) is 0. The zero-order chi connectivity index (χ0) is 3.41. The molecule has 0 unspecified atom stereocenters. The Bertz CT molecular complexity index is 56.1. The SMILES string of the molecule is [O]=[Mo]=[S]=S. The van der Waals surface area contributed by atoms with E-state index in [9.17, 15) is 3.40 Å². The van der Waals surface area contributed by atoms with Gasteiger partial charge in [0, 0.05) is 0 Å². The van der Waals surface area contributed by atoms with E-state index in [2.05, 4.69) is 11.2 Å². The molecule has 0 saturated heterocycles. The summed E-state index contributed by atoms with van der Waals surface area (Å²) in [5.74, 6) is 0. The van der Waals surface area contributed by atoms with Crippen molar-refractivity contribution in [2.24, 2.45) is 0 Å². The standard InChI is InChI=1S/Mo.O.S2/c;;1-2. The van der Waals surface area contributed by atoms with E-state index < -0.39 is 16.7 Å².